The predicted octanol–water partition coefficient (Wildman–Crippen LogP) is -2.10. The van der Waals surface area contributed by atoms with Crippen molar-refractivity contribution < 1.29 is 33.9 Å². The summed E-state index contributed by atoms with van der Waals surface area (Å²) < 4.78 is 0. The Balaban J connectivity index is 1.70. The van der Waals surface area contributed by atoms with Crippen LogP contribution in [0.3, 0.4) is 0 Å². The van der Waals surface area contributed by atoms with E-state index >= 15 is 0 Å². The van der Waals surface area contributed by atoms with Crippen molar-refractivity contribution in [3.05, 3.63) is 29.7 Å². The number of fused-ring (bicyclic) bond motifs is 1. The molecule has 208 valence electrons. The van der Waals surface area contributed by atoms with Crippen LogP contribution in [0.2, 0.25) is 0 Å². The molecule has 16 nitrogen and oxygen atoms in total. The summed E-state index contributed by atoms with van der Waals surface area (Å²) in [6, 6.07) is -0.0435. The van der Waals surface area contributed by atoms with Crippen molar-refractivity contribution >= 4 is 41.7 Å². The molecule has 3 heterocycles. The van der Waals surface area contributed by atoms with Gasteiger partial charge in [0.1, 0.15) is 24.2 Å². The molecule has 3 rings (SSSR count). The van der Waals surface area contributed by atoms with Gasteiger partial charge < -0.3 is 25.9 Å². The largest absolute Gasteiger partial charge is 0.481 e. The van der Waals surface area contributed by atoms with Gasteiger partial charge in [-0.05, 0) is 17.5 Å². The Bertz CT molecular complexity index is 1220. The molecular formula is C23H29N9O7. The Morgan fingerprint density at radius 2 is 2.03 bits per heavy atom. The van der Waals surface area contributed by atoms with Crippen molar-refractivity contribution in [2.45, 2.75) is 57.7 Å². The van der Waals surface area contributed by atoms with Crippen LogP contribution in [0.15, 0.2) is 18.3 Å². The zero-order valence-electron chi connectivity index (χ0n) is 21.3. The first kappa shape index (κ1) is 28.8. The summed E-state index contributed by atoms with van der Waals surface area (Å²) in [5.74, 6) is -3.72. The Morgan fingerprint density at radius 1 is 1.26 bits per heavy atom. The number of hydrogen-bond acceptors (Lipinski definition) is 10. The molecule has 2 aromatic heterocycles. The van der Waals surface area contributed by atoms with Crippen LogP contribution in [0.5, 0.6) is 0 Å². The van der Waals surface area contributed by atoms with Crippen molar-refractivity contribution in [2.75, 3.05) is 11.4 Å². The summed E-state index contributed by atoms with van der Waals surface area (Å²) in [4.78, 5) is 79.2. The number of nitrogens with one attached hydrogen (secondary N) is 4. The van der Waals surface area contributed by atoms with Gasteiger partial charge in [-0.3, -0.25) is 28.9 Å². The van der Waals surface area contributed by atoms with E-state index in [1.807, 2.05) is 6.92 Å². The number of anilines is 1. The van der Waals surface area contributed by atoms with Gasteiger partial charge in [-0.1, -0.05) is 31.5 Å². The summed E-state index contributed by atoms with van der Waals surface area (Å²) in [6.45, 7) is 3.09. The molecule has 5 N–H and O–H groups in total. The highest BCUT2D eigenvalue weighted by Crippen LogP contribution is 2.30. The number of carbonyl (C=O) groups excluding carboxylic acids is 5. The minimum atomic E-state index is -1.28. The highest BCUT2D eigenvalue weighted by atomic mass is 16.4. The number of carboxylic acids is 1. The molecule has 0 unspecified atom stereocenters. The highest BCUT2D eigenvalue weighted by molar-refractivity contribution is 6.05. The van der Waals surface area contributed by atoms with Crippen molar-refractivity contribution in [1.29, 1.82) is 0 Å². The summed E-state index contributed by atoms with van der Waals surface area (Å²) in [5.41, 5.74) is 0.587. The number of hydrogen-bond donors (Lipinski definition) is 5. The maximum Gasteiger partial charge on any atom is 0.305 e. The molecule has 0 saturated carbocycles. The minimum absolute atomic E-state index is 0.0783. The molecule has 0 spiro atoms. The van der Waals surface area contributed by atoms with E-state index in [1.54, 1.807) is 19.1 Å². The quantitative estimate of drug-likeness (QED) is 0.172. The van der Waals surface area contributed by atoms with Crippen molar-refractivity contribution in [1.82, 2.24) is 41.6 Å². The summed E-state index contributed by atoms with van der Waals surface area (Å²) >= 11 is 0. The van der Waals surface area contributed by atoms with Crippen molar-refractivity contribution in [2.24, 2.45) is 5.92 Å². The standard InChI is InChI=1S/C23H29N9O7/c1-3-12(2)20(27-17(34)9-16-28-30-31-29-16)23(39)25-10-18(35)32-15(7-13-5-4-6-24-21(13)32)22(38)26-14(11-33)8-19(36)37/h4-6,11-12,14-15,20H,3,7-10H2,1-2H3,(H,25,39)(H,26,38)(H,27,34)(H,36,37)(H,28,29,30,31)/t12-,14-,15-,20-/m0/s1. The number of H-pyrrole nitrogens is 1. The molecule has 1 aliphatic heterocycles. The number of carboxylic acid groups (broad SMARTS) is 1. The number of pyridine rings is 1. The average molecular weight is 544 g/mol. The first-order chi connectivity index (χ1) is 18.6. The van der Waals surface area contributed by atoms with Gasteiger partial charge in [-0.15, -0.1) is 10.2 Å². The lowest BCUT2D eigenvalue weighted by atomic mass is 9.98. The monoisotopic (exact) mass is 543 g/mol. The van der Waals surface area contributed by atoms with Crippen LogP contribution in [0.25, 0.3) is 0 Å². The first-order valence-electron chi connectivity index (χ1n) is 12.2. The molecule has 1 aliphatic rings. The second-order valence-corrected chi connectivity index (χ2v) is 8.97. The van der Waals surface area contributed by atoms with Gasteiger partial charge in [0.05, 0.1) is 25.4 Å². The van der Waals surface area contributed by atoms with Gasteiger partial charge >= 0.3 is 5.97 Å². The Kier molecular flexibility index (Phi) is 9.72. The van der Waals surface area contributed by atoms with Crippen LogP contribution in [-0.4, -0.2) is 91.3 Å². The molecular weight excluding hydrogens is 514 g/mol. The van der Waals surface area contributed by atoms with E-state index in [2.05, 4.69) is 41.6 Å². The lowest BCUT2D eigenvalue weighted by Gasteiger charge is -2.26. The van der Waals surface area contributed by atoms with Gasteiger partial charge in [0, 0.05) is 12.6 Å². The Labute approximate surface area is 222 Å². The first-order valence-corrected chi connectivity index (χ1v) is 12.2. The maximum atomic E-state index is 13.3. The minimum Gasteiger partial charge on any atom is -0.481 e. The van der Waals surface area contributed by atoms with E-state index < -0.39 is 60.7 Å². The summed E-state index contributed by atoms with van der Waals surface area (Å²) in [6.07, 6.45) is 1.55. The highest BCUT2D eigenvalue weighted by Gasteiger charge is 2.40. The average Bonchev–Trinajstić information content (AvgIpc) is 3.56. The zero-order valence-corrected chi connectivity index (χ0v) is 21.3. The van der Waals surface area contributed by atoms with Crippen LogP contribution >= 0.6 is 0 Å². The molecule has 0 fully saturated rings. The van der Waals surface area contributed by atoms with Gasteiger partial charge in [0.2, 0.25) is 23.6 Å². The summed E-state index contributed by atoms with van der Waals surface area (Å²) in [5, 5.41) is 29.5. The number of aliphatic carboxylic acids is 1. The molecule has 0 saturated heterocycles. The SMILES string of the molecule is CC[C@H](C)[C@H](NC(=O)Cc1nn[nH]n1)C(=O)NCC(=O)N1c2ncccc2C[C@H]1C(=O)N[C@H](C=O)CC(=O)O. The normalized spacial score (nSPS) is 16.4. The van der Waals surface area contributed by atoms with Gasteiger partial charge in [-0.2, -0.15) is 5.21 Å². The molecule has 2 aromatic rings. The predicted molar refractivity (Wildman–Crippen MR) is 132 cm³/mol. The van der Waals surface area contributed by atoms with Gasteiger partial charge in [-0.25, -0.2) is 4.98 Å². The fourth-order valence-corrected chi connectivity index (χ4v) is 4.04. The molecule has 0 bridgehead atoms. The van der Waals surface area contributed by atoms with Crippen LogP contribution in [0.4, 0.5) is 5.82 Å². The smallest absolute Gasteiger partial charge is 0.305 e. The van der Waals surface area contributed by atoms with E-state index in [0.717, 1.165) is 4.90 Å². The Hall–Kier alpha value is -4.76. The molecule has 16 heteroatoms. The van der Waals surface area contributed by atoms with Crippen molar-refractivity contribution in [3.8, 4) is 0 Å². The number of rotatable bonds is 13. The van der Waals surface area contributed by atoms with E-state index in [9.17, 15) is 28.8 Å². The number of aromatic amines is 1. The fraction of sp³-hybridized carbons (Fsp3) is 0.478. The van der Waals surface area contributed by atoms with E-state index in [4.69, 9.17) is 5.11 Å². The maximum absolute atomic E-state index is 13.3. The third kappa shape index (κ3) is 7.39. The van der Waals surface area contributed by atoms with Crippen LogP contribution in [0.1, 0.15) is 38.1 Å². The second-order valence-electron chi connectivity index (χ2n) is 8.97. The van der Waals surface area contributed by atoms with E-state index in [0.29, 0.717) is 18.3 Å². The van der Waals surface area contributed by atoms with Crippen LogP contribution < -0.4 is 20.9 Å². The van der Waals surface area contributed by atoms with Crippen LogP contribution in [0, 0.1) is 5.92 Å². The molecule has 4 amide bonds. The zero-order chi connectivity index (χ0) is 28.5. The lowest BCUT2D eigenvalue weighted by molar-refractivity contribution is -0.139. The van der Waals surface area contributed by atoms with Gasteiger partial charge in [0.25, 0.3) is 0 Å². The molecule has 0 radical (unpaired) electrons. The lowest BCUT2D eigenvalue weighted by Crippen LogP contribution is -2.55. The van der Waals surface area contributed by atoms with Crippen molar-refractivity contribution in [3.63, 3.8) is 0 Å². The number of carbonyl (C=O) groups is 6. The van der Waals surface area contributed by atoms with E-state index in [-0.39, 0.29) is 30.4 Å². The molecule has 39 heavy (non-hydrogen) atoms. The molecule has 4 atom stereocenters. The topological polar surface area (TPSA) is 229 Å². The number of aromatic nitrogens is 5. The third-order valence-corrected chi connectivity index (χ3v) is 6.21. The number of aldehydes is 1. The van der Waals surface area contributed by atoms with Gasteiger partial charge in [0.15, 0.2) is 5.82 Å². The Morgan fingerprint density at radius 3 is 2.67 bits per heavy atom. The molecule has 0 aromatic carbocycles. The van der Waals surface area contributed by atoms with Crippen LogP contribution in [-0.2, 0) is 41.6 Å². The fourth-order valence-electron chi connectivity index (χ4n) is 4.04. The molecule has 0 aliphatic carbocycles. The number of nitrogens with zero attached hydrogens (tertiary/aromatic N) is 5. The summed E-state index contributed by atoms with van der Waals surface area (Å²) in [7, 11) is 0. The third-order valence-electron chi connectivity index (χ3n) is 6.21. The second kappa shape index (κ2) is 13.2. The number of amides is 4. The van der Waals surface area contributed by atoms with E-state index in [1.165, 1.54) is 6.20 Å². The number of tetrazole rings is 1.